The minimum absolute atomic E-state index is 0.0737. The van der Waals surface area contributed by atoms with Gasteiger partial charge in [0.25, 0.3) is 0 Å². The fourth-order valence-corrected chi connectivity index (χ4v) is 6.36. The van der Waals surface area contributed by atoms with Gasteiger partial charge < -0.3 is 9.15 Å². The van der Waals surface area contributed by atoms with Crippen molar-refractivity contribution in [2.24, 2.45) is 0 Å². The molecular weight excluding hydrogens is 558 g/mol. The molecule has 3 aromatic carbocycles. The van der Waals surface area contributed by atoms with E-state index in [-0.39, 0.29) is 35.7 Å². The van der Waals surface area contributed by atoms with Crippen LogP contribution in [0.15, 0.2) is 77.4 Å². The van der Waals surface area contributed by atoms with Crippen LogP contribution in [0.1, 0.15) is 42.0 Å². The fraction of sp³-hybridized carbons (Fsp3) is 0.300. The van der Waals surface area contributed by atoms with Gasteiger partial charge >= 0.3 is 0 Å². The molecular formula is C30H29ClF2N2O4S. The molecule has 210 valence electrons. The second-order valence-electron chi connectivity index (χ2n) is 10.2. The van der Waals surface area contributed by atoms with Gasteiger partial charge in [-0.15, -0.1) is 11.6 Å². The van der Waals surface area contributed by atoms with E-state index in [0.29, 0.717) is 36.5 Å². The molecule has 0 aliphatic heterocycles. The highest BCUT2D eigenvalue weighted by atomic mass is 35.5. The van der Waals surface area contributed by atoms with Crippen LogP contribution in [0, 0.1) is 11.6 Å². The number of hydrogen-bond donors (Lipinski definition) is 1. The summed E-state index contributed by atoms with van der Waals surface area (Å²) < 4.78 is 69.9. The number of ether oxygens (including phenoxy) is 1. The molecule has 1 aromatic heterocycles. The van der Waals surface area contributed by atoms with E-state index in [1.54, 1.807) is 24.3 Å². The minimum atomic E-state index is -3.49. The minimum Gasteiger partial charge on any atom is -0.488 e. The molecule has 0 amide bonds. The summed E-state index contributed by atoms with van der Waals surface area (Å²) in [5.74, 6) is -0.541. The smallest absolute Gasteiger partial charge is 0.208 e. The normalized spacial score (nSPS) is 19.1. The van der Waals surface area contributed by atoms with Gasteiger partial charge in [0.05, 0.1) is 23.2 Å². The van der Waals surface area contributed by atoms with E-state index in [1.165, 1.54) is 18.4 Å². The van der Waals surface area contributed by atoms with Crippen molar-refractivity contribution in [2.45, 2.75) is 49.6 Å². The first-order valence-corrected chi connectivity index (χ1v) is 15.3. The van der Waals surface area contributed by atoms with E-state index in [9.17, 15) is 8.42 Å². The molecule has 0 saturated heterocycles. The maximum atomic E-state index is 16.3. The molecule has 2 atom stereocenters. The molecule has 10 heteroatoms. The van der Waals surface area contributed by atoms with E-state index in [4.69, 9.17) is 20.8 Å². The lowest BCUT2D eigenvalue weighted by atomic mass is 9.78. The van der Waals surface area contributed by atoms with Crippen LogP contribution in [0.5, 0.6) is 5.75 Å². The first-order chi connectivity index (χ1) is 19.2. The van der Waals surface area contributed by atoms with Crippen LogP contribution in [0.3, 0.4) is 0 Å². The number of aromatic nitrogens is 1. The highest BCUT2D eigenvalue weighted by Crippen LogP contribution is 2.45. The average Bonchev–Trinajstić information content (AvgIpc) is 3.58. The van der Waals surface area contributed by atoms with Crippen LogP contribution < -0.4 is 9.46 Å². The van der Waals surface area contributed by atoms with Crippen molar-refractivity contribution in [1.29, 1.82) is 0 Å². The highest BCUT2D eigenvalue weighted by molar-refractivity contribution is 7.88. The standard InChI is InChI=1S/C30H29ClF2N2O4S/c1-40(36,37)35-21-13-14-30(15-21,29-34-22(17-31)19-39-29)16-25-26(32)12-11-24(28(25)33)23-9-5-6-10-27(23)38-18-20-7-3-2-4-8-20/h2-12,19,21,35H,13-18H2,1H3/t21-,30-/m0/s1. The molecule has 1 N–H and O–H groups in total. The Morgan fingerprint density at radius 2 is 1.82 bits per heavy atom. The quantitative estimate of drug-likeness (QED) is 0.214. The molecule has 1 heterocycles. The van der Waals surface area contributed by atoms with Crippen LogP contribution in [0.2, 0.25) is 0 Å². The van der Waals surface area contributed by atoms with E-state index in [0.717, 1.165) is 11.8 Å². The number of sulfonamides is 1. The molecule has 40 heavy (non-hydrogen) atoms. The van der Waals surface area contributed by atoms with Crippen LogP contribution in [0.4, 0.5) is 8.78 Å². The van der Waals surface area contributed by atoms with Gasteiger partial charge in [0.15, 0.2) is 0 Å². The van der Waals surface area contributed by atoms with Crippen LogP contribution in [-0.4, -0.2) is 25.7 Å². The summed E-state index contributed by atoms with van der Waals surface area (Å²) in [5.41, 5.74) is 1.09. The molecule has 0 spiro atoms. The van der Waals surface area contributed by atoms with E-state index in [1.807, 2.05) is 30.3 Å². The molecule has 0 bridgehead atoms. The zero-order valence-corrected chi connectivity index (χ0v) is 23.4. The summed E-state index contributed by atoms with van der Waals surface area (Å²) in [6, 6.07) is 18.9. The lowest BCUT2D eigenvalue weighted by molar-refractivity contribution is 0.307. The largest absolute Gasteiger partial charge is 0.488 e. The summed E-state index contributed by atoms with van der Waals surface area (Å²) in [6.07, 6.45) is 3.58. The van der Waals surface area contributed by atoms with E-state index < -0.39 is 33.1 Å². The first kappa shape index (κ1) is 28.3. The maximum absolute atomic E-state index is 16.3. The molecule has 5 rings (SSSR count). The molecule has 1 aliphatic carbocycles. The zero-order valence-electron chi connectivity index (χ0n) is 21.9. The number of alkyl halides is 1. The Bertz CT molecular complexity index is 1600. The van der Waals surface area contributed by atoms with E-state index >= 15 is 8.78 Å². The predicted octanol–water partition coefficient (Wildman–Crippen LogP) is 6.52. The Labute approximate surface area is 237 Å². The average molecular weight is 587 g/mol. The Balaban J connectivity index is 1.50. The Kier molecular flexibility index (Phi) is 8.26. The van der Waals surface area contributed by atoms with Crippen molar-refractivity contribution >= 4 is 21.6 Å². The van der Waals surface area contributed by atoms with Gasteiger partial charge in [-0.3, -0.25) is 0 Å². The molecule has 4 aromatic rings. The molecule has 0 unspecified atom stereocenters. The van der Waals surface area contributed by atoms with Gasteiger partial charge in [-0.25, -0.2) is 26.9 Å². The first-order valence-electron chi connectivity index (χ1n) is 12.9. The number of para-hydroxylation sites is 1. The monoisotopic (exact) mass is 586 g/mol. The second kappa shape index (κ2) is 11.7. The van der Waals surface area contributed by atoms with Gasteiger partial charge in [0, 0.05) is 22.7 Å². The van der Waals surface area contributed by atoms with Gasteiger partial charge in [0.2, 0.25) is 15.9 Å². The maximum Gasteiger partial charge on any atom is 0.208 e. The summed E-state index contributed by atoms with van der Waals surface area (Å²) in [4.78, 5) is 4.48. The lowest BCUT2D eigenvalue weighted by Gasteiger charge is -2.27. The SMILES string of the molecule is CS(=O)(=O)N[C@H]1CC[C@](Cc2c(F)ccc(-c3ccccc3OCc3ccccc3)c2F)(c2nc(CCl)co2)C1. The third kappa shape index (κ3) is 6.22. The topological polar surface area (TPSA) is 81.4 Å². The molecule has 6 nitrogen and oxygen atoms in total. The van der Waals surface area contributed by atoms with Crippen molar-refractivity contribution in [3.8, 4) is 16.9 Å². The number of nitrogens with one attached hydrogen (secondary N) is 1. The van der Waals surface area contributed by atoms with E-state index in [2.05, 4.69) is 9.71 Å². The Morgan fingerprint density at radius 3 is 2.55 bits per heavy atom. The summed E-state index contributed by atoms with van der Waals surface area (Å²) >= 11 is 5.94. The van der Waals surface area contributed by atoms with Gasteiger partial charge in [-0.2, -0.15) is 0 Å². The number of rotatable bonds is 10. The fourth-order valence-electron chi connectivity index (χ4n) is 5.43. The van der Waals surface area contributed by atoms with Crippen molar-refractivity contribution < 1.29 is 26.4 Å². The molecule has 1 aliphatic rings. The number of oxazole rings is 1. The Morgan fingerprint density at radius 1 is 1.07 bits per heavy atom. The second-order valence-corrected chi connectivity index (χ2v) is 12.3. The highest BCUT2D eigenvalue weighted by Gasteiger charge is 2.46. The third-order valence-corrected chi connectivity index (χ3v) is 8.28. The molecule has 1 saturated carbocycles. The van der Waals surface area contributed by atoms with Gasteiger partial charge in [-0.1, -0.05) is 48.5 Å². The summed E-state index contributed by atoms with van der Waals surface area (Å²) in [6.45, 7) is 0.290. The van der Waals surface area contributed by atoms with Crippen LogP contribution >= 0.6 is 11.6 Å². The van der Waals surface area contributed by atoms with Crippen LogP contribution in [0.25, 0.3) is 11.1 Å². The molecule has 1 fully saturated rings. The van der Waals surface area contributed by atoms with Gasteiger partial charge in [-0.05, 0) is 49.4 Å². The summed E-state index contributed by atoms with van der Waals surface area (Å²) in [5, 5.41) is 0. The predicted molar refractivity (Wildman–Crippen MR) is 150 cm³/mol. The van der Waals surface area contributed by atoms with Crippen LogP contribution in [-0.2, 0) is 34.3 Å². The number of nitrogens with zero attached hydrogens (tertiary/aromatic N) is 1. The summed E-state index contributed by atoms with van der Waals surface area (Å²) in [7, 11) is -3.49. The lowest BCUT2D eigenvalue weighted by Crippen LogP contribution is -2.35. The molecule has 0 radical (unpaired) electrons. The number of halogens is 3. The number of benzene rings is 3. The van der Waals surface area contributed by atoms with Crippen molar-refractivity contribution in [1.82, 2.24) is 9.71 Å². The van der Waals surface area contributed by atoms with Crippen molar-refractivity contribution in [3.05, 3.63) is 107 Å². The third-order valence-electron chi connectivity index (χ3n) is 7.25. The van der Waals surface area contributed by atoms with Gasteiger partial charge in [0.1, 0.15) is 30.3 Å². The Hall–Kier alpha value is -3.27. The van der Waals surface area contributed by atoms with Crippen molar-refractivity contribution in [2.75, 3.05) is 6.26 Å². The number of hydrogen-bond acceptors (Lipinski definition) is 5. The zero-order chi connectivity index (χ0) is 28.3. The van der Waals surface area contributed by atoms with Crippen molar-refractivity contribution in [3.63, 3.8) is 0 Å².